The van der Waals surface area contributed by atoms with Crippen LogP contribution in [0.1, 0.15) is 25.3 Å². The lowest BCUT2D eigenvalue weighted by atomic mass is 10.1. The number of nitrogens with zero attached hydrogens (tertiary/aromatic N) is 1. The van der Waals surface area contributed by atoms with Crippen LogP contribution in [0, 0.1) is 0 Å². The van der Waals surface area contributed by atoms with Crippen LogP contribution in [-0.4, -0.2) is 23.9 Å². The van der Waals surface area contributed by atoms with E-state index in [1.165, 1.54) is 0 Å². The number of carbonyl (C=O) groups is 1. The van der Waals surface area contributed by atoms with Gasteiger partial charge in [0.25, 0.3) is 0 Å². The first kappa shape index (κ1) is 15.3. The molecule has 0 fully saturated rings. The third-order valence-electron chi connectivity index (χ3n) is 2.72. The van der Waals surface area contributed by atoms with Crippen molar-refractivity contribution in [2.75, 3.05) is 7.05 Å². The monoisotopic (exact) mass is 288 g/mol. The van der Waals surface area contributed by atoms with Crippen LogP contribution in [0.5, 0.6) is 0 Å². The summed E-state index contributed by atoms with van der Waals surface area (Å²) in [6, 6.07) is 4.81. The highest BCUT2D eigenvalue weighted by Gasteiger charge is 2.17. The molecule has 0 saturated heterocycles. The molecule has 3 nitrogen and oxygen atoms in total. The normalized spacial score (nSPS) is 12.3. The Balaban J connectivity index is 2.69. The highest BCUT2D eigenvalue weighted by Crippen LogP contribution is 2.22. The predicted molar refractivity (Wildman–Crippen MR) is 75.8 cm³/mol. The van der Waals surface area contributed by atoms with Gasteiger partial charge in [-0.05, 0) is 24.1 Å². The molecule has 0 heterocycles. The lowest BCUT2D eigenvalue weighted by Gasteiger charge is -2.21. The minimum atomic E-state index is -0.439. The van der Waals surface area contributed by atoms with Gasteiger partial charge in [-0.1, -0.05) is 42.6 Å². The molecule has 1 atom stereocenters. The van der Waals surface area contributed by atoms with Crippen molar-refractivity contribution in [2.24, 2.45) is 5.73 Å². The van der Waals surface area contributed by atoms with Crippen LogP contribution in [0.2, 0.25) is 10.0 Å². The molecule has 1 aromatic rings. The first-order valence-electron chi connectivity index (χ1n) is 5.90. The van der Waals surface area contributed by atoms with E-state index < -0.39 is 6.04 Å². The Morgan fingerprint density at radius 2 is 2.11 bits per heavy atom. The smallest absolute Gasteiger partial charge is 0.239 e. The van der Waals surface area contributed by atoms with Gasteiger partial charge in [-0.25, -0.2) is 0 Å². The fraction of sp³-hybridized carbons (Fsp3) is 0.462. The maximum atomic E-state index is 11.9. The van der Waals surface area contributed by atoms with Crippen LogP contribution >= 0.6 is 23.2 Å². The molecule has 0 spiro atoms. The van der Waals surface area contributed by atoms with Crippen LogP contribution in [0.3, 0.4) is 0 Å². The van der Waals surface area contributed by atoms with Gasteiger partial charge in [-0.2, -0.15) is 0 Å². The molecule has 2 N–H and O–H groups in total. The minimum Gasteiger partial charge on any atom is -0.340 e. The summed E-state index contributed by atoms with van der Waals surface area (Å²) in [7, 11) is 1.72. The molecule has 0 aliphatic rings. The van der Waals surface area contributed by atoms with Crippen LogP contribution < -0.4 is 5.73 Å². The van der Waals surface area contributed by atoms with E-state index in [0.717, 1.165) is 12.0 Å². The summed E-state index contributed by atoms with van der Waals surface area (Å²) in [5.74, 6) is -0.0668. The largest absolute Gasteiger partial charge is 0.340 e. The quantitative estimate of drug-likeness (QED) is 0.905. The molecule has 1 amide bonds. The second-order valence-corrected chi connectivity index (χ2v) is 5.17. The Bertz CT molecular complexity index is 423. The Morgan fingerprint density at radius 3 is 2.67 bits per heavy atom. The van der Waals surface area contributed by atoms with E-state index >= 15 is 0 Å². The van der Waals surface area contributed by atoms with Crippen LogP contribution in [0.15, 0.2) is 18.2 Å². The molecule has 100 valence electrons. The summed E-state index contributed by atoms with van der Waals surface area (Å²) >= 11 is 11.9. The number of amides is 1. The van der Waals surface area contributed by atoms with Crippen molar-refractivity contribution >= 4 is 29.1 Å². The van der Waals surface area contributed by atoms with Crippen molar-refractivity contribution < 1.29 is 4.79 Å². The fourth-order valence-electron chi connectivity index (χ4n) is 1.70. The SMILES string of the molecule is CCC[C@@H](N)C(=O)N(C)Cc1ccc(Cl)cc1Cl. The molecule has 0 aliphatic carbocycles. The zero-order chi connectivity index (χ0) is 13.7. The minimum absolute atomic E-state index is 0.0668. The van der Waals surface area contributed by atoms with Gasteiger partial charge in [0.2, 0.25) is 5.91 Å². The Morgan fingerprint density at radius 1 is 1.44 bits per heavy atom. The number of halogens is 2. The van der Waals surface area contributed by atoms with Gasteiger partial charge in [0.05, 0.1) is 6.04 Å². The zero-order valence-corrected chi connectivity index (χ0v) is 12.1. The second-order valence-electron chi connectivity index (χ2n) is 4.33. The van der Waals surface area contributed by atoms with Crippen LogP contribution in [-0.2, 0) is 11.3 Å². The molecule has 5 heteroatoms. The van der Waals surface area contributed by atoms with E-state index in [-0.39, 0.29) is 5.91 Å². The topological polar surface area (TPSA) is 46.3 Å². The van der Waals surface area contributed by atoms with Crippen LogP contribution in [0.25, 0.3) is 0 Å². The molecule has 0 saturated carbocycles. The van der Waals surface area contributed by atoms with Crippen molar-refractivity contribution in [3.8, 4) is 0 Å². The average Bonchev–Trinajstić information content (AvgIpc) is 2.32. The lowest BCUT2D eigenvalue weighted by molar-refractivity contribution is -0.131. The van der Waals surface area contributed by atoms with E-state index in [1.54, 1.807) is 24.1 Å². The summed E-state index contributed by atoms with van der Waals surface area (Å²) in [5, 5.41) is 1.15. The third kappa shape index (κ3) is 4.16. The highest BCUT2D eigenvalue weighted by molar-refractivity contribution is 6.35. The lowest BCUT2D eigenvalue weighted by Crippen LogP contribution is -2.41. The van der Waals surface area contributed by atoms with Crippen molar-refractivity contribution in [3.05, 3.63) is 33.8 Å². The van der Waals surface area contributed by atoms with Gasteiger partial charge in [-0.3, -0.25) is 4.79 Å². The van der Waals surface area contributed by atoms with Crippen molar-refractivity contribution in [1.29, 1.82) is 0 Å². The number of hydrogen-bond donors (Lipinski definition) is 1. The van der Waals surface area contributed by atoms with Gasteiger partial charge in [0.1, 0.15) is 0 Å². The van der Waals surface area contributed by atoms with E-state index in [4.69, 9.17) is 28.9 Å². The number of carbonyl (C=O) groups excluding carboxylic acids is 1. The van der Waals surface area contributed by atoms with Gasteiger partial charge in [-0.15, -0.1) is 0 Å². The average molecular weight is 289 g/mol. The molecule has 0 aromatic heterocycles. The number of nitrogens with two attached hydrogens (primary N) is 1. The summed E-state index contributed by atoms with van der Waals surface area (Å²) in [5.41, 5.74) is 6.66. The molecule has 0 bridgehead atoms. The van der Waals surface area contributed by atoms with E-state index in [9.17, 15) is 4.79 Å². The molecule has 18 heavy (non-hydrogen) atoms. The van der Waals surface area contributed by atoms with Gasteiger partial charge < -0.3 is 10.6 Å². The Kier molecular flexibility index (Phi) is 5.93. The summed E-state index contributed by atoms with van der Waals surface area (Å²) in [4.78, 5) is 13.5. The molecule has 1 rings (SSSR count). The molecule has 0 radical (unpaired) electrons. The fourth-order valence-corrected chi connectivity index (χ4v) is 2.17. The Hall–Kier alpha value is -0.770. The van der Waals surface area contributed by atoms with Gasteiger partial charge >= 0.3 is 0 Å². The predicted octanol–water partition coefficient (Wildman–Crippen LogP) is 3.08. The van der Waals surface area contributed by atoms with E-state index in [0.29, 0.717) is 23.0 Å². The van der Waals surface area contributed by atoms with Crippen molar-refractivity contribution in [2.45, 2.75) is 32.4 Å². The first-order valence-corrected chi connectivity index (χ1v) is 6.65. The third-order valence-corrected chi connectivity index (χ3v) is 3.30. The number of benzene rings is 1. The standard InChI is InChI=1S/C13H18Cl2N2O/c1-3-4-12(16)13(18)17(2)8-9-5-6-10(14)7-11(9)15/h5-7,12H,3-4,8,16H2,1-2H3/t12-/m1/s1. The maximum Gasteiger partial charge on any atom is 0.239 e. The molecule has 0 aliphatic heterocycles. The molecule has 0 unspecified atom stereocenters. The zero-order valence-electron chi connectivity index (χ0n) is 10.6. The van der Waals surface area contributed by atoms with E-state index in [2.05, 4.69) is 0 Å². The van der Waals surface area contributed by atoms with Gasteiger partial charge in [0.15, 0.2) is 0 Å². The number of likely N-dealkylation sites (N-methyl/N-ethyl adjacent to an activating group) is 1. The Labute approximate surface area is 118 Å². The molecule has 1 aromatic carbocycles. The summed E-state index contributed by atoms with van der Waals surface area (Å²) < 4.78 is 0. The summed E-state index contributed by atoms with van der Waals surface area (Å²) in [6.07, 6.45) is 1.58. The van der Waals surface area contributed by atoms with Gasteiger partial charge in [0, 0.05) is 23.6 Å². The molecular formula is C13H18Cl2N2O. The van der Waals surface area contributed by atoms with Crippen molar-refractivity contribution in [3.63, 3.8) is 0 Å². The number of rotatable bonds is 5. The number of hydrogen-bond acceptors (Lipinski definition) is 2. The first-order chi connectivity index (χ1) is 8.45. The second kappa shape index (κ2) is 6.98. The maximum absolute atomic E-state index is 11.9. The highest BCUT2D eigenvalue weighted by atomic mass is 35.5. The summed E-state index contributed by atoms with van der Waals surface area (Å²) in [6.45, 7) is 2.44. The van der Waals surface area contributed by atoms with E-state index in [1.807, 2.05) is 13.0 Å². The van der Waals surface area contributed by atoms with Crippen LogP contribution in [0.4, 0.5) is 0 Å². The van der Waals surface area contributed by atoms with Crippen molar-refractivity contribution in [1.82, 2.24) is 4.90 Å². The molecular weight excluding hydrogens is 271 g/mol.